The van der Waals surface area contributed by atoms with Gasteiger partial charge >= 0.3 is 5.97 Å². The van der Waals surface area contributed by atoms with E-state index < -0.39 is 11.4 Å². The number of amides is 1. The Hall–Kier alpha value is -3.15. The summed E-state index contributed by atoms with van der Waals surface area (Å²) < 4.78 is 1.91. The minimum atomic E-state index is -0.791. The molecule has 0 unspecified atom stereocenters. The number of benzene rings is 1. The fraction of sp³-hybridized carbons (Fsp3) is 0.250. The molecule has 0 spiro atoms. The first-order valence-electron chi connectivity index (χ1n) is 8.60. The van der Waals surface area contributed by atoms with Gasteiger partial charge in [0, 0.05) is 11.3 Å². The number of nitrogens with one attached hydrogen (secondary N) is 1. The Bertz CT molecular complexity index is 1000. The fourth-order valence-corrected chi connectivity index (χ4v) is 3.49. The third kappa shape index (κ3) is 2.54. The number of carboxylic acid groups (broad SMARTS) is 1. The molecule has 2 heterocycles. The van der Waals surface area contributed by atoms with Gasteiger partial charge in [0.15, 0.2) is 5.82 Å². The van der Waals surface area contributed by atoms with Crippen LogP contribution in [0.15, 0.2) is 48.7 Å². The number of anilines is 1. The van der Waals surface area contributed by atoms with Crippen molar-refractivity contribution in [1.29, 1.82) is 0 Å². The lowest BCUT2D eigenvalue weighted by Gasteiger charge is -2.38. The lowest BCUT2D eigenvalue weighted by molar-refractivity contribution is -0.147. The zero-order valence-corrected chi connectivity index (χ0v) is 14.4. The lowest BCUT2D eigenvalue weighted by Crippen LogP contribution is -2.42. The second kappa shape index (κ2) is 5.98. The Kier molecular flexibility index (Phi) is 3.76. The number of hydrogen-bond acceptors (Lipinski definition) is 3. The molecule has 132 valence electrons. The summed E-state index contributed by atoms with van der Waals surface area (Å²) in [6, 6.07) is 12.6. The van der Waals surface area contributed by atoms with Crippen LogP contribution in [0.1, 0.15) is 40.9 Å². The molecule has 2 aromatic heterocycles. The molecule has 0 saturated heterocycles. The van der Waals surface area contributed by atoms with Gasteiger partial charge in [0.1, 0.15) is 5.65 Å². The van der Waals surface area contributed by atoms with E-state index >= 15 is 0 Å². The third-order valence-electron chi connectivity index (χ3n) is 5.25. The number of carbonyl (C=O) groups excluding carboxylic acids is 1. The van der Waals surface area contributed by atoms with Crippen LogP contribution in [0, 0.1) is 6.92 Å². The normalized spacial score (nSPS) is 15.4. The molecule has 1 fully saturated rings. The van der Waals surface area contributed by atoms with Gasteiger partial charge in [-0.1, -0.05) is 24.6 Å². The second-order valence-corrected chi connectivity index (χ2v) is 6.79. The van der Waals surface area contributed by atoms with E-state index in [4.69, 9.17) is 0 Å². The Morgan fingerprint density at radius 1 is 1.15 bits per heavy atom. The van der Waals surface area contributed by atoms with Crippen LogP contribution in [0.5, 0.6) is 0 Å². The number of fused-ring (bicyclic) bond motifs is 1. The number of imidazole rings is 1. The Morgan fingerprint density at radius 3 is 2.46 bits per heavy atom. The van der Waals surface area contributed by atoms with E-state index in [0.717, 1.165) is 23.3 Å². The molecular formula is C20H19N3O3. The molecule has 4 rings (SSSR count). The molecule has 6 heteroatoms. The monoisotopic (exact) mass is 349 g/mol. The van der Waals surface area contributed by atoms with E-state index in [9.17, 15) is 14.7 Å². The van der Waals surface area contributed by atoms with E-state index in [1.54, 1.807) is 30.5 Å². The minimum absolute atomic E-state index is 0.268. The largest absolute Gasteiger partial charge is 0.481 e. The van der Waals surface area contributed by atoms with Crippen LogP contribution >= 0.6 is 0 Å². The predicted octanol–water partition coefficient (Wildman–Crippen LogP) is 3.40. The van der Waals surface area contributed by atoms with Gasteiger partial charge in [-0.3, -0.25) is 9.59 Å². The molecular weight excluding hydrogens is 330 g/mol. The SMILES string of the molecule is Cc1cccc2nc(NC(=O)c3ccc(C4(C(=O)O)CCC4)cc3)cn12. The van der Waals surface area contributed by atoms with Crippen LogP contribution in [-0.2, 0) is 10.2 Å². The zero-order chi connectivity index (χ0) is 18.3. The topological polar surface area (TPSA) is 83.7 Å². The second-order valence-electron chi connectivity index (χ2n) is 6.79. The number of carbonyl (C=O) groups is 2. The Morgan fingerprint density at radius 2 is 1.88 bits per heavy atom. The van der Waals surface area contributed by atoms with Crippen molar-refractivity contribution in [3.8, 4) is 0 Å². The standard InChI is InChI=1S/C20H19N3O3/c1-13-4-2-5-17-21-16(12-23(13)17)22-18(24)14-6-8-15(9-7-14)20(19(25)26)10-3-11-20/h2,4-9,12H,3,10-11H2,1H3,(H,22,24)(H,25,26). The van der Waals surface area contributed by atoms with Gasteiger partial charge in [-0.2, -0.15) is 0 Å². The number of hydrogen-bond donors (Lipinski definition) is 2. The number of aromatic nitrogens is 2. The maximum absolute atomic E-state index is 12.5. The van der Waals surface area contributed by atoms with E-state index in [0.29, 0.717) is 24.2 Å². The van der Waals surface area contributed by atoms with E-state index in [-0.39, 0.29) is 5.91 Å². The molecule has 0 aliphatic heterocycles. The molecule has 1 aliphatic carbocycles. The number of aryl methyl sites for hydroxylation is 1. The van der Waals surface area contributed by atoms with Crippen molar-refractivity contribution in [2.24, 2.45) is 0 Å². The number of nitrogens with zero attached hydrogens (tertiary/aromatic N) is 2. The van der Waals surface area contributed by atoms with Crippen LogP contribution in [0.25, 0.3) is 5.65 Å². The molecule has 1 amide bonds. The number of aliphatic carboxylic acids is 1. The summed E-state index contributed by atoms with van der Waals surface area (Å²) in [5.41, 5.74) is 2.25. The molecule has 26 heavy (non-hydrogen) atoms. The predicted molar refractivity (Wildman–Crippen MR) is 97.5 cm³/mol. The van der Waals surface area contributed by atoms with Gasteiger partial charge in [0.25, 0.3) is 5.91 Å². The fourth-order valence-electron chi connectivity index (χ4n) is 3.49. The smallest absolute Gasteiger partial charge is 0.314 e. The molecule has 1 saturated carbocycles. The molecule has 6 nitrogen and oxygen atoms in total. The average Bonchev–Trinajstić information content (AvgIpc) is 2.98. The first-order chi connectivity index (χ1) is 12.5. The quantitative estimate of drug-likeness (QED) is 0.756. The highest BCUT2D eigenvalue weighted by molar-refractivity contribution is 6.04. The van der Waals surface area contributed by atoms with Gasteiger partial charge in [0.2, 0.25) is 0 Å². The summed E-state index contributed by atoms with van der Waals surface area (Å²) in [4.78, 5) is 28.5. The summed E-state index contributed by atoms with van der Waals surface area (Å²) in [5.74, 6) is -0.578. The number of pyridine rings is 1. The highest BCUT2D eigenvalue weighted by Crippen LogP contribution is 2.43. The highest BCUT2D eigenvalue weighted by Gasteiger charge is 2.45. The van der Waals surface area contributed by atoms with Crippen molar-refractivity contribution < 1.29 is 14.7 Å². The third-order valence-corrected chi connectivity index (χ3v) is 5.25. The van der Waals surface area contributed by atoms with Crippen molar-refractivity contribution in [1.82, 2.24) is 9.38 Å². The zero-order valence-electron chi connectivity index (χ0n) is 14.4. The molecule has 2 N–H and O–H groups in total. The van der Waals surface area contributed by atoms with Crippen LogP contribution in [0.2, 0.25) is 0 Å². The molecule has 0 radical (unpaired) electrons. The number of rotatable bonds is 4. The van der Waals surface area contributed by atoms with Crippen molar-refractivity contribution in [3.63, 3.8) is 0 Å². The van der Waals surface area contributed by atoms with Crippen LogP contribution in [0.4, 0.5) is 5.82 Å². The first-order valence-corrected chi connectivity index (χ1v) is 8.60. The molecule has 0 atom stereocenters. The maximum Gasteiger partial charge on any atom is 0.314 e. The summed E-state index contributed by atoms with van der Waals surface area (Å²) in [5, 5.41) is 12.3. The van der Waals surface area contributed by atoms with Gasteiger partial charge in [-0.25, -0.2) is 4.98 Å². The van der Waals surface area contributed by atoms with Gasteiger partial charge < -0.3 is 14.8 Å². The summed E-state index contributed by atoms with van der Waals surface area (Å²) in [6.45, 7) is 1.97. The molecule has 3 aromatic rings. The van der Waals surface area contributed by atoms with Gasteiger partial charge in [-0.15, -0.1) is 0 Å². The van der Waals surface area contributed by atoms with Gasteiger partial charge in [0.05, 0.1) is 11.6 Å². The van der Waals surface area contributed by atoms with Crippen LogP contribution < -0.4 is 5.32 Å². The van der Waals surface area contributed by atoms with Crippen molar-refractivity contribution in [2.75, 3.05) is 5.32 Å². The molecule has 1 aliphatic rings. The van der Waals surface area contributed by atoms with Crippen LogP contribution in [-0.4, -0.2) is 26.4 Å². The molecule has 1 aromatic carbocycles. The summed E-state index contributed by atoms with van der Waals surface area (Å²) in [6.07, 6.45) is 4.00. The lowest BCUT2D eigenvalue weighted by atomic mass is 9.64. The Labute approximate surface area is 150 Å². The number of carboxylic acids is 1. The van der Waals surface area contributed by atoms with Crippen molar-refractivity contribution in [2.45, 2.75) is 31.6 Å². The van der Waals surface area contributed by atoms with Crippen molar-refractivity contribution >= 4 is 23.3 Å². The average molecular weight is 349 g/mol. The first kappa shape index (κ1) is 16.3. The summed E-state index contributed by atoms with van der Waals surface area (Å²) in [7, 11) is 0. The van der Waals surface area contributed by atoms with Crippen LogP contribution in [0.3, 0.4) is 0 Å². The Balaban J connectivity index is 1.54. The van der Waals surface area contributed by atoms with E-state index in [2.05, 4.69) is 10.3 Å². The van der Waals surface area contributed by atoms with Gasteiger partial charge in [-0.05, 0) is 49.6 Å². The van der Waals surface area contributed by atoms with E-state index in [1.165, 1.54) is 0 Å². The van der Waals surface area contributed by atoms with Crippen molar-refractivity contribution in [3.05, 3.63) is 65.5 Å². The van der Waals surface area contributed by atoms with E-state index in [1.807, 2.05) is 29.5 Å². The minimum Gasteiger partial charge on any atom is -0.481 e. The maximum atomic E-state index is 12.5. The molecule has 0 bridgehead atoms. The summed E-state index contributed by atoms with van der Waals surface area (Å²) >= 11 is 0. The highest BCUT2D eigenvalue weighted by atomic mass is 16.4.